The zero-order valence-corrected chi connectivity index (χ0v) is 9.63. The molecule has 0 amide bonds. The summed E-state index contributed by atoms with van der Waals surface area (Å²) in [6.07, 6.45) is -7.26. The normalized spacial score (nSPS) is 37.4. The van der Waals surface area contributed by atoms with Gasteiger partial charge < -0.3 is 14.2 Å². The van der Waals surface area contributed by atoms with E-state index in [1.54, 1.807) is 20.8 Å². The molecule has 2 fully saturated rings. The van der Waals surface area contributed by atoms with Gasteiger partial charge in [-0.15, -0.1) is 0 Å². The second-order valence-electron chi connectivity index (χ2n) is 5.14. The van der Waals surface area contributed by atoms with Crippen LogP contribution < -0.4 is 0 Å². The number of hydrogen-bond donors (Lipinski definition) is 0. The van der Waals surface area contributed by atoms with Crippen molar-refractivity contribution < 1.29 is 32.2 Å². The molecule has 2 bridgehead atoms. The third kappa shape index (κ3) is 1.72. The highest BCUT2D eigenvalue weighted by atomic mass is 19.4. The van der Waals surface area contributed by atoms with Gasteiger partial charge in [-0.1, -0.05) is 0 Å². The first kappa shape index (κ1) is 12.6. The summed E-state index contributed by atoms with van der Waals surface area (Å²) in [6, 6.07) is 0. The predicted molar refractivity (Wildman–Crippen MR) is 49.2 cm³/mol. The highest BCUT2D eigenvalue weighted by Crippen LogP contribution is 2.49. The lowest BCUT2D eigenvalue weighted by Gasteiger charge is -2.32. The number of carbonyl (C=O) groups excluding carboxylic acids is 1. The van der Waals surface area contributed by atoms with Crippen molar-refractivity contribution in [2.75, 3.05) is 6.61 Å². The van der Waals surface area contributed by atoms with E-state index in [1.807, 2.05) is 0 Å². The van der Waals surface area contributed by atoms with Gasteiger partial charge in [-0.05, 0) is 20.8 Å². The highest BCUT2D eigenvalue weighted by molar-refractivity contribution is 5.85. The monoisotopic (exact) mass is 254 g/mol. The first-order valence-corrected chi connectivity index (χ1v) is 5.17. The first-order valence-electron chi connectivity index (χ1n) is 5.17. The van der Waals surface area contributed by atoms with E-state index in [9.17, 15) is 18.0 Å². The van der Waals surface area contributed by atoms with Crippen molar-refractivity contribution in [3.05, 3.63) is 0 Å². The van der Waals surface area contributed by atoms with Crippen LogP contribution in [0.4, 0.5) is 13.2 Å². The fraction of sp³-hybridized carbons (Fsp3) is 0.900. The molecule has 0 aliphatic carbocycles. The molecular formula is C10H13F3O4. The molecular weight excluding hydrogens is 241 g/mol. The van der Waals surface area contributed by atoms with Gasteiger partial charge in [0.15, 0.2) is 6.10 Å². The molecule has 0 saturated carbocycles. The Kier molecular flexibility index (Phi) is 2.49. The topological polar surface area (TPSA) is 44.8 Å². The minimum atomic E-state index is -4.84. The van der Waals surface area contributed by atoms with Gasteiger partial charge in [-0.25, -0.2) is 4.79 Å². The van der Waals surface area contributed by atoms with E-state index in [-0.39, 0.29) is 6.61 Å². The Morgan fingerprint density at radius 2 is 1.94 bits per heavy atom. The molecule has 0 aromatic carbocycles. The van der Waals surface area contributed by atoms with Crippen LogP contribution in [-0.2, 0) is 19.0 Å². The van der Waals surface area contributed by atoms with Crippen molar-refractivity contribution in [3.63, 3.8) is 0 Å². The van der Waals surface area contributed by atoms with Crippen LogP contribution in [0.25, 0.3) is 0 Å². The number of alkyl halides is 3. The lowest BCUT2D eigenvalue weighted by Crippen LogP contribution is -2.58. The van der Waals surface area contributed by atoms with E-state index in [4.69, 9.17) is 4.74 Å². The fourth-order valence-corrected chi connectivity index (χ4v) is 2.04. The summed E-state index contributed by atoms with van der Waals surface area (Å²) >= 11 is 0. The number of fused-ring (bicyclic) bond motifs is 2. The van der Waals surface area contributed by atoms with Crippen LogP contribution in [0, 0.1) is 0 Å². The molecule has 0 aromatic rings. The van der Waals surface area contributed by atoms with Gasteiger partial charge in [-0.2, -0.15) is 13.2 Å². The largest absolute Gasteiger partial charge is 0.455 e. The third-order valence-corrected chi connectivity index (χ3v) is 2.68. The SMILES string of the molecule is CC(C)(C)OC1[C@H]2COC1(C(F)(F)F)C(=O)O2. The van der Waals surface area contributed by atoms with Gasteiger partial charge in [0.25, 0.3) is 5.60 Å². The van der Waals surface area contributed by atoms with E-state index < -0.39 is 35.6 Å². The van der Waals surface area contributed by atoms with Crippen LogP contribution in [0.15, 0.2) is 0 Å². The van der Waals surface area contributed by atoms with E-state index in [0.29, 0.717) is 0 Å². The van der Waals surface area contributed by atoms with Crippen molar-refractivity contribution in [1.29, 1.82) is 0 Å². The molecule has 4 nitrogen and oxygen atoms in total. The van der Waals surface area contributed by atoms with E-state index in [1.165, 1.54) is 0 Å². The minimum Gasteiger partial charge on any atom is -0.455 e. The number of halogens is 3. The molecule has 98 valence electrons. The van der Waals surface area contributed by atoms with Crippen LogP contribution in [0.2, 0.25) is 0 Å². The molecule has 17 heavy (non-hydrogen) atoms. The zero-order valence-electron chi connectivity index (χ0n) is 9.63. The Labute approximate surface area is 96.0 Å². The summed E-state index contributed by atoms with van der Waals surface area (Å²) in [7, 11) is 0. The minimum absolute atomic E-state index is 0.286. The second kappa shape index (κ2) is 3.35. The van der Waals surface area contributed by atoms with Crippen LogP contribution in [0.5, 0.6) is 0 Å². The van der Waals surface area contributed by atoms with Crippen LogP contribution in [0.1, 0.15) is 20.8 Å². The summed E-state index contributed by atoms with van der Waals surface area (Å²) in [5.74, 6) is -1.41. The maximum absolute atomic E-state index is 13.0. The number of esters is 1. The maximum atomic E-state index is 13.0. The standard InChI is InChI=1S/C10H13F3O4/c1-8(2,3)17-6-5-4-15-9(6,7(14)16-5)10(11,12)13/h5-6H,4H2,1-3H3/t5-,6?,9?/m1/s1. The summed E-state index contributed by atoms with van der Waals surface area (Å²) in [6.45, 7) is 4.55. The molecule has 2 unspecified atom stereocenters. The van der Waals surface area contributed by atoms with E-state index in [0.717, 1.165) is 0 Å². The molecule has 0 spiro atoms. The molecule has 2 aliphatic rings. The molecule has 7 heteroatoms. The van der Waals surface area contributed by atoms with Gasteiger partial charge in [0.1, 0.15) is 6.10 Å². The Morgan fingerprint density at radius 3 is 2.35 bits per heavy atom. The molecule has 3 atom stereocenters. The summed E-state index contributed by atoms with van der Waals surface area (Å²) in [5.41, 5.74) is -3.77. The molecule has 0 radical (unpaired) electrons. The van der Waals surface area contributed by atoms with Crippen LogP contribution in [0.3, 0.4) is 0 Å². The number of rotatable bonds is 1. The Balaban J connectivity index is 2.36. The number of ether oxygens (including phenoxy) is 3. The van der Waals surface area contributed by atoms with E-state index >= 15 is 0 Å². The third-order valence-electron chi connectivity index (χ3n) is 2.68. The van der Waals surface area contributed by atoms with Gasteiger partial charge in [0.2, 0.25) is 0 Å². The van der Waals surface area contributed by atoms with Crippen LogP contribution >= 0.6 is 0 Å². The molecule has 2 rings (SSSR count). The fourth-order valence-electron chi connectivity index (χ4n) is 2.04. The van der Waals surface area contributed by atoms with Crippen LogP contribution in [-0.4, -0.2) is 42.2 Å². The van der Waals surface area contributed by atoms with Crippen molar-refractivity contribution in [3.8, 4) is 0 Å². The molecule has 0 N–H and O–H groups in total. The van der Waals surface area contributed by atoms with E-state index in [2.05, 4.69) is 9.47 Å². The number of carbonyl (C=O) groups is 1. The average molecular weight is 254 g/mol. The van der Waals surface area contributed by atoms with Gasteiger partial charge >= 0.3 is 12.1 Å². The first-order chi connectivity index (χ1) is 7.58. The lowest BCUT2D eigenvalue weighted by molar-refractivity contribution is -0.284. The summed E-state index contributed by atoms with van der Waals surface area (Å²) < 4.78 is 53.6. The Morgan fingerprint density at radius 1 is 1.35 bits per heavy atom. The van der Waals surface area contributed by atoms with Crippen molar-refractivity contribution in [1.82, 2.24) is 0 Å². The van der Waals surface area contributed by atoms with Gasteiger partial charge in [0.05, 0.1) is 12.2 Å². The predicted octanol–water partition coefficient (Wildman–Crippen LogP) is 1.43. The average Bonchev–Trinajstić information content (AvgIpc) is 2.54. The summed E-state index contributed by atoms with van der Waals surface area (Å²) in [5, 5.41) is 0. The Hall–Kier alpha value is -0.820. The smallest absolute Gasteiger partial charge is 0.431 e. The quantitative estimate of drug-likeness (QED) is 0.664. The Bertz CT molecular complexity index is 346. The van der Waals surface area contributed by atoms with Crippen molar-refractivity contribution in [2.24, 2.45) is 0 Å². The van der Waals surface area contributed by atoms with Crippen molar-refractivity contribution in [2.45, 2.75) is 50.4 Å². The highest BCUT2D eigenvalue weighted by Gasteiger charge is 2.78. The zero-order chi connectivity index (χ0) is 13.1. The van der Waals surface area contributed by atoms with Gasteiger partial charge in [-0.3, -0.25) is 0 Å². The molecule has 0 aromatic heterocycles. The maximum Gasteiger partial charge on any atom is 0.431 e. The van der Waals surface area contributed by atoms with Gasteiger partial charge in [0, 0.05) is 0 Å². The molecule has 2 saturated heterocycles. The second-order valence-corrected chi connectivity index (χ2v) is 5.14. The van der Waals surface area contributed by atoms with Crippen molar-refractivity contribution >= 4 is 5.97 Å². The lowest BCUT2D eigenvalue weighted by atomic mass is 9.97. The molecule has 2 aliphatic heterocycles. The summed E-state index contributed by atoms with van der Waals surface area (Å²) in [4.78, 5) is 11.4. The molecule has 2 heterocycles. The number of hydrogen-bond acceptors (Lipinski definition) is 4.